The van der Waals surface area contributed by atoms with Crippen molar-refractivity contribution in [1.29, 1.82) is 5.26 Å². The SMILES string of the molecule is Cc1cc(C(F)(F)F)c(C#N)c(SCC(=O)Nc2ccc(I)cc2)n1. The number of amides is 1. The zero-order valence-corrected chi connectivity index (χ0v) is 15.8. The fourth-order valence-electron chi connectivity index (χ4n) is 1.94. The second-order valence-electron chi connectivity index (χ2n) is 4.94. The Bertz CT molecular complexity index is 832. The van der Waals surface area contributed by atoms with Crippen LogP contribution >= 0.6 is 34.4 Å². The molecule has 0 bridgehead atoms. The second kappa shape index (κ2) is 8.05. The van der Waals surface area contributed by atoms with Gasteiger partial charge in [0, 0.05) is 15.0 Å². The van der Waals surface area contributed by atoms with Crippen LogP contribution in [0.4, 0.5) is 18.9 Å². The number of rotatable bonds is 4. The summed E-state index contributed by atoms with van der Waals surface area (Å²) in [6.45, 7) is 1.41. The van der Waals surface area contributed by atoms with Crippen LogP contribution in [0.3, 0.4) is 0 Å². The molecule has 0 spiro atoms. The number of alkyl halides is 3. The van der Waals surface area contributed by atoms with Gasteiger partial charge in [-0.3, -0.25) is 4.79 Å². The van der Waals surface area contributed by atoms with Crippen molar-refractivity contribution in [2.45, 2.75) is 18.1 Å². The minimum Gasteiger partial charge on any atom is -0.325 e. The van der Waals surface area contributed by atoms with Crippen molar-refractivity contribution >= 4 is 45.9 Å². The third kappa shape index (κ3) is 5.34. The number of carbonyl (C=O) groups excluding carboxylic acids is 1. The molecule has 1 aromatic heterocycles. The first kappa shape index (κ1) is 19.5. The fraction of sp³-hybridized carbons (Fsp3) is 0.188. The molecular weight excluding hydrogens is 466 g/mol. The first-order chi connectivity index (χ1) is 11.7. The zero-order valence-electron chi connectivity index (χ0n) is 12.8. The van der Waals surface area contributed by atoms with Crippen LogP contribution in [0.25, 0.3) is 0 Å². The molecule has 0 aliphatic carbocycles. The van der Waals surface area contributed by atoms with E-state index >= 15 is 0 Å². The van der Waals surface area contributed by atoms with Gasteiger partial charge in [-0.05, 0) is 59.8 Å². The summed E-state index contributed by atoms with van der Waals surface area (Å²) in [5.74, 6) is -0.555. The van der Waals surface area contributed by atoms with Crippen LogP contribution in [0.1, 0.15) is 16.8 Å². The van der Waals surface area contributed by atoms with Crippen LogP contribution in [0, 0.1) is 21.8 Å². The molecule has 0 aliphatic rings. The number of nitrogens with zero attached hydrogens (tertiary/aromatic N) is 2. The lowest BCUT2D eigenvalue weighted by atomic mass is 10.1. The highest BCUT2D eigenvalue weighted by Gasteiger charge is 2.35. The molecular formula is C16H11F3IN3OS. The number of anilines is 1. The Kier molecular flexibility index (Phi) is 6.29. The van der Waals surface area contributed by atoms with Gasteiger partial charge in [-0.1, -0.05) is 11.8 Å². The number of aromatic nitrogens is 1. The van der Waals surface area contributed by atoms with Crippen molar-refractivity contribution in [2.75, 3.05) is 11.1 Å². The molecule has 0 radical (unpaired) electrons. The van der Waals surface area contributed by atoms with Gasteiger partial charge in [-0.15, -0.1) is 0 Å². The van der Waals surface area contributed by atoms with E-state index in [1.54, 1.807) is 18.2 Å². The standard InChI is InChI=1S/C16H11F3IN3OS/c1-9-6-13(16(17,18)19)12(7-21)15(22-9)25-8-14(24)23-11-4-2-10(20)3-5-11/h2-6H,8H2,1H3,(H,23,24). The third-order valence-corrected chi connectivity index (χ3v) is 4.69. The molecule has 0 saturated heterocycles. The molecule has 130 valence electrons. The minimum absolute atomic E-state index is 0.104. The lowest BCUT2D eigenvalue weighted by molar-refractivity contribution is -0.138. The molecule has 0 atom stereocenters. The highest BCUT2D eigenvalue weighted by Crippen LogP contribution is 2.35. The molecule has 1 amide bonds. The van der Waals surface area contributed by atoms with E-state index in [9.17, 15) is 18.0 Å². The zero-order chi connectivity index (χ0) is 18.6. The lowest BCUT2D eigenvalue weighted by Gasteiger charge is -2.12. The van der Waals surface area contributed by atoms with E-state index in [-0.39, 0.29) is 16.5 Å². The normalized spacial score (nSPS) is 11.0. The van der Waals surface area contributed by atoms with Gasteiger partial charge in [0.25, 0.3) is 0 Å². The first-order valence-corrected chi connectivity index (χ1v) is 8.94. The summed E-state index contributed by atoms with van der Waals surface area (Å²) in [7, 11) is 0. The quantitative estimate of drug-likeness (QED) is 0.516. The Hall–Kier alpha value is -1.80. The lowest BCUT2D eigenvalue weighted by Crippen LogP contribution is -2.15. The molecule has 9 heteroatoms. The van der Waals surface area contributed by atoms with Crippen LogP contribution in [0.5, 0.6) is 0 Å². The van der Waals surface area contributed by atoms with Crippen LogP contribution < -0.4 is 5.32 Å². The molecule has 25 heavy (non-hydrogen) atoms. The first-order valence-electron chi connectivity index (χ1n) is 6.88. The summed E-state index contributed by atoms with van der Waals surface area (Å²) in [5.41, 5.74) is -0.889. The Balaban J connectivity index is 2.15. The van der Waals surface area contributed by atoms with Crippen molar-refractivity contribution in [1.82, 2.24) is 4.98 Å². The number of aryl methyl sites for hydroxylation is 1. The number of hydrogen-bond acceptors (Lipinski definition) is 4. The van der Waals surface area contributed by atoms with Gasteiger partial charge in [0.15, 0.2) is 0 Å². The average Bonchev–Trinajstić information content (AvgIpc) is 2.53. The summed E-state index contributed by atoms with van der Waals surface area (Å²) in [5, 5.41) is 11.6. The number of nitriles is 1. The maximum absolute atomic E-state index is 13.0. The largest absolute Gasteiger partial charge is 0.417 e. The van der Waals surface area contributed by atoms with Crippen LogP contribution in [-0.4, -0.2) is 16.6 Å². The van der Waals surface area contributed by atoms with Crippen LogP contribution in [0.15, 0.2) is 35.4 Å². The number of halogens is 4. The smallest absolute Gasteiger partial charge is 0.325 e. The molecule has 1 N–H and O–H groups in total. The van der Waals surface area contributed by atoms with Gasteiger partial charge in [0.1, 0.15) is 11.1 Å². The number of thioether (sulfide) groups is 1. The number of nitrogens with one attached hydrogen (secondary N) is 1. The van der Waals surface area contributed by atoms with Crippen molar-refractivity contribution in [3.63, 3.8) is 0 Å². The van der Waals surface area contributed by atoms with Gasteiger partial charge in [-0.25, -0.2) is 4.98 Å². The van der Waals surface area contributed by atoms with Crippen LogP contribution in [-0.2, 0) is 11.0 Å². The Morgan fingerprint density at radius 1 is 1.36 bits per heavy atom. The molecule has 1 heterocycles. The van der Waals surface area contributed by atoms with Gasteiger partial charge < -0.3 is 5.32 Å². The molecule has 4 nitrogen and oxygen atoms in total. The average molecular weight is 477 g/mol. The monoisotopic (exact) mass is 477 g/mol. The number of carbonyl (C=O) groups is 1. The van der Waals surface area contributed by atoms with E-state index in [1.807, 2.05) is 12.1 Å². The summed E-state index contributed by atoms with van der Waals surface area (Å²) < 4.78 is 40.1. The van der Waals surface area contributed by atoms with E-state index in [2.05, 4.69) is 32.9 Å². The molecule has 2 rings (SSSR count). The van der Waals surface area contributed by atoms with Gasteiger partial charge >= 0.3 is 6.18 Å². The molecule has 0 fully saturated rings. The summed E-state index contributed by atoms with van der Waals surface area (Å²) in [6.07, 6.45) is -4.66. The topological polar surface area (TPSA) is 65.8 Å². The number of benzene rings is 1. The fourth-order valence-corrected chi connectivity index (χ4v) is 3.15. The van der Waals surface area contributed by atoms with Crippen molar-refractivity contribution in [3.8, 4) is 6.07 Å². The Morgan fingerprint density at radius 3 is 2.56 bits per heavy atom. The predicted octanol–water partition coefficient (Wildman–Crippen LogP) is 4.62. The van der Waals surface area contributed by atoms with E-state index in [0.717, 1.165) is 21.4 Å². The number of hydrogen-bond donors (Lipinski definition) is 1. The second-order valence-corrected chi connectivity index (χ2v) is 7.15. The highest BCUT2D eigenvalue weighted by atomic mass is 127. The Labute approximate surface area is 160 Å². The highest BCUT2D eigenvalue weighted by molar-refractivity contribution is 14.1. The predicted molar refractivity (Wildman–Crippen MR) is 97.2 cm³/mol. The molecule has 2 aromatic rings. The van der Waals surface area contributed by atoms with E-state index < -0.39 is 23.2 Å². The summed E-state index contributed by atoms with van der Waals surface area (Å²) >= 11 is 2.93. The van der Waals surface area contributed by atoms with Crippen LogP contribution in [0.2, 0.25) is 0 Å². The Morgan fingerprint density at radius 2 is 2.00 bits per heavy atom. The number of pyridine rings is 1. The van der Waals surface area contributed by atoms with Crippen molar-refractivity contribution in [3.05, 3.63) is 50.7 Å². The van der Waals surface area contributed by atoms with Gasteiger partial charge in [0.05, 0.1) is 16.9 Å². The molecule has 0 saturated carbocycles. The van der Waals surface area contributed by atoms with E-state index in [4.69, 9.17) is 5.26 Å². The maximum Gasteiger partial charge on any atom is 0.417 e. The van der Waals surface area contributed by atoms with E-state index in [1.165, 1.54) is 6.92 Å². The summed E-state index contributed by atoms with van der Waals surface area (Å²) in [4.78, 5) is 15.9. The third-order valence-electron chi connectivity index (χ3n) is 3.00. The van der Waals surface area contributed by atoms with Crippen molar-refractivity contribution < 1.29 is 18.0 Å². The minimum atomic E-state index is -4.66. The van der Waals surface area contributed by atoms with Gasteiger partial charge in [-0.2, -0.15) is 18.4 Å². The molecule has 0 aliphatic heterocycles. The molecule has 0 unspecified atom stereocenters. The maximum atomic E-state index is 13.0. The molecule has 1 aromatic carbocycles. The van der Waals surface area contributed by atoms with Crippen molar-refractivity contribution in [2.24, 2.45) is 0 Å². The van der Waals surface area contributed by atoms with Gasteiger partial charge in [0.2, 0.25) is 5.91 Å². The summed E-state index contributed by atoms with van der Waals surface area (Å²) in [6, 6.07) is 9.44. The van der Waals surface area contributed by atoms with E-state index in [0.29, 0.717) is 5.69 Å².